The summed E-state index contributed by atoms with van der Waals surface area (Å²) in [6.07, 6.45) is 0. The second kappa shape index (κ2) is 7.13. The lowest BCUT2D eigenvalue weighted by molar-refractivity contribution is 0.0596. The van der Waals surface area contributed by atoms with E-state index in [-0.39, 0.29) is 17.1 Å². The Morgan fingerprint density at radius 3 is 2.55 bits per heavy atom. The summed E-state index contributed by atoms with van der Waals surface area (Å²) in [6, 6.07) is 8.40. The standard InChI is InChI=1S/C15H12BrFO4S/c1-21-15(19)13-9(2-7-12(16)14(13)18)8-22(20)11-5-3-10(17)4-6-11/h2-7,18H,8H2,1H3. The monoisotopic (exact) mass is 386 g/mol. The lowest BCUT2D eigenvalue weighted by atomic mass is 10.1. The Bertz CT molecular complexity index is 691. The molecule has 0 aliphatic carbocycles. The number of carbonyl (C=O) groups excluding carboxylic acids is 1. The molecule has 2 aromatic rings. The van der Waals surface area contributed by atoms with Crippen molar-refractivity contribution in [2.75, 3.05) is 7.11 Å². The first-order valence-electron chi connectivity index (χ1n) is 6.16. The van der Waals surface area contributed by atoms with Crippen molar-refractivity contribution in [2.45, 2.75) is 10.6 Å². The van der Waals surface area contributed by atoms with E-state index in [2.05, 4.69) is 20.7 Å². The molecule has 7 heteroatoms. The summed E-state index contributed by atoms with van der Waals surface area (Å²) >= 11 is 1.63. The Balaban J connectivity index is 2.34. The first-order chi connectivity index (χ1) is 10.4. The summed E-state index contributed by atoms with van der Waals surface area (Å²) in [5, 5.41) is 10.0. The van der Waals surface area contributed by atoms with Gasteiger partial charge in [0.05, 0.1) is 11.6 Å². The molecule has 1 atom stereocenters. The van der Waals surface area contributed by atoms with Crippen LogP contribution in [0, 0.1) is 5.82 Å². The van der Waals surface area contributed by atoms with E-state index >= 15 is 0 Å². The van der Waals surface area contributed by atoms with Crippen molar-refractivity contribution in [1.29, 1.82) is 0 Å². The normalized spacial score (nSPS) is 12.0. The second-order valence-electron chi connectivity index (χ2n) is 4.37. The van der Waals surface area contributed by atoms with Crippen LogP contribution in [0.2, 0.25) is 0 Å². The summed E-state index contributed by atoms with van der Waals surface area (Å²) in [5.74, 6) is -1.40. The molecule has 0 radical (unpaired) electrons. The topological polar surface area (TPSA) is 69.6 Å². The average molecular weight is 387 g/mol. The third-order valence-corrected chi connectivity index (χ3v) is 4.98. The Morgan fingerprint density at radius 2 is 1.95 bits per heavy atom. The van der Waals surface area contributed by atoms with Crippen molar-refractivity contribution in [3.8, 4) is 5.75 Å². The highest BCUT2D eigenvalue weighted by atomic mass is 79.9. The zero-order chi connectivity index (χ0) is 16.3. The predicted molar refractivity (Wildman–Crippen MR) is 83.7 cm³/mol. The minimum atomic E-state index is -1.49. The van der Waals surface area contributed by atoms with Crippen molar-refractivity contribution in [1.82, 2.24) is 0 Å². The number of phenolic OH excluding ortho intramolecular Hbond substituents is 1. The van der Waals surface area contributed by atoms with E-state index in [1.165, 1.54) is 31.4 Å². The summed E-state index contributed by atoms with van der Waals surface area (Å²) in [6.45, 7) is 0. The molecule has 0 amide bonds. The van der Waals surface area contributed by atoms with Crippen molar-refractivity contribution >= 4 is 33.1 Å². The molecule has 2 rings (SSSR count). The molecular formula is C15H12BrFO4S. The van der Waals surface area contributed by atoms with Gasteiger partial charge in [0.1, 0.15) is 22.9 Å². The first-order valence-corrected chi connectivity index (χ1v) is 8.28. The molecule has 0 aromatic heterocycles. The predicted octanol–water partition coefficient (Wildman–Crippen LogP) is 3.39. The number of rotatable bonds is 4. The molecule has 0 bridgehead atoms. The van der Waals surface area contributed by atoms with E-state index < -0.39 is 23.0 Å². The summed E-state index contributed by atoms with van der Waals surface area (Å²) in [7, 11) is 1.20. The van der Waals surface area contributed by atoms with Crippen LogP contribution in [0.3, 0.4) is 0 Å². The van der Waals surface area contributed by atoms with Crippen LogP contribution in [0.1, 0.15) is 15.9 Å². The zero-order valence-corrected chi connectivity index (χ0v) is 13.9. The highest BCUT2D eigenvalue weighted by Crippen LogP contribution is 2.32. The molecule has 4 nitrogen and oxygen atoms in total. The fourth-order valence-electron chi connectivity index (χ4n) is 1.87. The van der Waals surface area contributed by atoms with Crippen LogP contribution in [0.15, 0.2) is 45.8 Å². The molecule has 2 aromatic carbocycles. The number of esters is 1. The van der Waals surface area contributed by atoms with E-state index in [4.69, 9.17) is 0 Å². The van der Waals surface area contributed by atoms with Gasteiger partial charge in [0.15, 0.2) is 4.90 Å². The number of methoxy groups -OCH3 is 1. The maximum Gasteiger partial charge on any atom is 0.342 e. The SMILES string of the molecule is COC(=O)c1c(C[S+]([O-])c2ccc(F)cc2)ccc(Br)c1O. The van der Waals surface area contributed by atoms with Gasteiger partial charge in [0.2, 0.25) is 0 Å². The molecule has 0 fully saturated rings. The molecule has 0 heterocycles. The highest BCUT2D eigenvalue weighted by molar-refractivity contribution is 9.10. The average Bonchev–Trinajstić information content (AvgIpc) is 2.51. The second-order valence-corrected chi connectivity index (χ2v) is 6.67. The van der Waals surface area contributed by atoms with Gasteiger partial charge in [-0.2, -0.15) is 0 Å². The largest absolute Gasteiger partial charge is 0.611 e. The number of ether oxygens (including phenoxy) is 1. The fraction of sp³-hybridized carbons (Fsp3) is 0.133. The number of hydrogen-bond acceptors (Lipinski definition) is 4. The van der Waals surface area contributed by atoms with Crippen LogP contribution in [0.5, 0.6) is 5.75 Å². The maximum atomic E-state index is 12.9. The number of halogens is 2. The van der Waals surface area contributed by atoms with E-state index in [9.17, 15) is 18.8 Å². The van der Waals surface area contributed by atoms with Gasteiger partial charge in [0.25, 0.3) is 0 Å². The quantitative estimate of drug-likeness (QED) is 0.645. The molecule has 0 aliphatic rings. The lowest BCUT2D eigenvalue weighted by Crippen LogP contribution is -2.11. The van der Waals surface area contributed by atoms with Gasteiger partial charge in [-0.3, -0.25) is 0 Å². The molecule has 1 N–H and O–H groups in total. The van der Waals surface area contributed by atoms with Crippen LogP contribution < -0.4 is 0 Å². The molecule has 0 saturated carbocycles. The van der Waals surface area contributed by atoms with Gasteiger partial charge >= 0.3 is 5.97 Å². The number of carbonyl (C=O) groups is 1. The van der Waals surface area contributed by atoms with Gasteiger partial charge in [-0.15, -0.1) is 0 Å². The molecule has 22 heavy (non-hydrogen) atoms. The molecular weight excluding hydrogens is 375 g/mol. The Hall–Kier alpha value is -1.57. The van der Waals surface area contributed by atoms with Crippen molar-refractivity contribution in [2.24, 2.45) is 0 Å². The van der Waals surface area contributed by atoms with Gasteiger partial charge in [0, 0.05) is 5.56 Å². The summed E-state index contributed by atoms with van der Waals surface area (Å²) < 4.78 is 30.2. The van der Waals surface area contributed by atoms with Crippen LogP contribution in [0.4, 0.5) is 4.39 Å². The van der Waals surface area contributed by atoms with Crippen LogP contribution in [-0.4, -0.2) is 22.7 Å². The van der Waals surface area contributed by atoms with Gasteiger partial charge in [-0.1, -0.05) is 6.07 Å². The number of phenols is 1. The summed E-state index contributed by atoms with van der Waals surface area (Å²) in [4.78, 5) is 12.2. The molecule has 116 valence electrons. The number of aromatic hydroxyl groups is 1. The number of benzene rings is 2. The van der Waals surface area contributed by atoms with E-state index in [1.807, 2.05) is 0 Å². The molecule has 0 spiro atoms. The third-order valence-electron chi connectivity index (χ3n) is 2.97. The minimum absolute atomic E-state index is 0.00307. The van der Waals surface area contributed by atoms with Gasteiger partial charge in [-0.05, 0) is 57.4 Å². The van der Waals surface area contributed by atoms with Crippen molar-refractivity contribution in [3.05, 3.63) is 57.8 Å². The first kappa shape index (κ1) is 16.8. The van der Waals surface area contributed by atoms with E-state index in [0.29, 0.717) is 14.9 Å². The smallest absolute Gasteiger partial charge is 0.342 e. The number of hydrogen-bond donors (Lipinski definition) is 1. The van der Waals surface area contributed by atoms with Gasteiger partial charge in [-0.25, -0.2) is 9.18 Å². The van der Waals surface area contributed by atoms with E-state index in [1.54, 1.807) is 12.1 Å². The third kappa shape index (κ3) is 3.60. The van der Waals surface area contributed by atoms with Crippen LogP contribution in [-0.2, 0) is 21.7 Å². The van der Waals surface area contributed by atoms with E-state index in [0.717, 1.165) is 0 Å². The molecule has 0 saturated heterocycles. The highest BCUT2D eigenvalue weighted by Gasteiger charge is 2.23. The Morgan fingerprint density at radius 1 is 1.32 bits per heavy atom. The minimum Gasteiger partial charge on any atom is -0.611 e. The molecule has 0 aliphatic heterocycles. The summed E-state index contributed by atoms with van der Waals surface area (Å²) in [5.41, 5.74) is 0.350. The maximum absolute atomic E-state index is 12.9. The zero-order valence-electron chi connectivity index (χ0n) is 11.5. The Labute approximate surface area is 138 Å². The van der Waals surface area contributed by atoms with Crippen LogP contribution in [0.25, 0.3) is 0 Å². The van der Waals surface area contributed by atoms with Crippen molar-refractivity contribution in [3.63, 3.8) is 0 Å². The Kier molecular flexibility index (Phi) is 5.44. The van der Waals surface area contributed by atoms with Crippen molar-refractivity contribution < 1.29 is 23.6 Å². The molecule has 1 unspecified atom stereocenters. The fourth-order valence-corrected chi connectivity index (χ4v) is 3.33. The lowest BCUT2D eigenvalue weighted by Gasteiger charge is -2.14. The van der Waals surface area contributed by atoms with Crippen LogP contribution >= 0.6 is 15.9 Å². The van der Waals surface area contributed by atoms with Gasteiger partial charge < -0.3 is 14.4 Å².